The van der Waals surface area contributed by atoms with Crippen molar-refractivity contribution in [2.24, 2.45) is 5.92 Å². The van der Waals surface area contributed by atoms with Crippen LogP contribution in [0.3, 0.4) is 0 Å². The molecule has 1 N–H and O–H groups in total. The number of halogens is 2. The zero-order valence-electron chi connectivity index (χ0n) is 18.8. The molecule has 0 bridgehead atoms. The van der Waals surface area contributed by atoms with Gasteiger partial charge in [-0.1, -0.05) is 6.42 Å². The number of hydrogen-bond donors (Lipinski definition) is 1. The van der Waals surface area contributed by atoms with E-state index < -0.39 is 22.0 Å². The van der Waals surface area contributed by atoms with Gasteiger partial charge >= 0.3 is 0 Å². The Hall–Kier alpha value is -2.04. The fourth-order valence-electron chi connectivity index (χ4n) is 4.97. The number of rotatable bonds is 6. The van der Waals surface area contributed by atoms with E-state index in [0.717, 1.165) is 24.1 Å². The van der Waals surface area contributed by atoms with Gasteiger partial charge in [0.2, 0.25) is 0 Å². The summed E-state index contributed by atoms with van der Waals surface area (Å²) in [5, 5.41) is 16.0. The number of nitrogens with zero attached hydrogens (tertiary/aromatic N) is 4. The van der Waals surface area contributed by atoms with Gasteiger partial charge in [-0.3, -0.25) is 9.58 Å². The van der Waals surface area contributed by atoms with Crippen molar-refractivity contribution in [2.75, 3.05) is 24.2 Å². The van der Waals surface area contributed by atoms with Crippen molar-refractivity contribution in [3.8, 4) is 0 Å². The molecule has 2 fully saturated rings. The topological polar surface area (TPSA) is 78.7 Å². The first-order valence-electron chi connectivity index (χ1n) is 11.5. The Morgan fingerprint density at radius 1 is 1.21 bits per heavy atom. The number of aliphatic hydroxyl groups excluding tert-OH is 1. The number of benzene rings is 1. The van der Waals surface area contributed by atoms with Gasteiger partial charge in [-0.05, 0) is 37.0 Å². The smallest absolute Gasteiger partial charge is 0.251 e. The molecule has 1 atom stereocenters. The van der Waals surface area contributed by atoms with Crippen LogP contribution in [0.1, 0.15) is 55.2 Å². The molecule has 1 aliphatic carbocycles. The SMILES string of the molecule is CS(=O)(=O)c1ccc(N2CCC(F)(F)CC2)c(C(O)N2Cc3cn(CC4CCC4)nc3C2)c1. The van der Waals surface area contributed by atoms with Crippen molar-refractivity contribution in [1.82, 2.24) is 14.7 Å². The molecule has 1 aromatic heterocycles. The number of hydrogen-bond acceptors (Lipinski definition) is 6. The molecule has 1 saturated carbocycles. The van der Waals surface area contributed by atoms with Crippen LogP contribution >= 0.6 is 0 Å². The van der Waals surface area contributed by atoms with Crippen LogP contribution in [0.4, 0.5) is 14.5 Å². The summed E-state index contributed by atoms with van der Waals surface area (Å²) in [6, 6.07) is 4.60. The minimum atomic E-state index is -3.49. The summed E-state index contributed by atoms with van der Waals surface area (Å²) in [5.74, 6) is -1.99. The van der Waals surface area contributed by atoms with Gasteiger partial charge in [0.25, 0.3) is 5.92 Å². The molecule has 33 heavy (non-hydrogen) atoms. The minimum Gasteiger partial charge on any atom is -0.374 e. The third-order valence-corrected chi connectivity index (χ3v) is 8.32. The van der Waals surface area contributed by atoms with Crippen LogP contribution in [0.2, 0.25) is 0 Å². The molecule has 5 rings (SSSR count). The summed E-state index contributed by atoms with van der Waals surface area (Å²) in [6.45, 7) is 2.18. The third-order valence-electron chi connectivity index (χ3n) is 7.21. The maximum atomic E-state index is 13.7. The van der Waals surface area contributed by atoms with Crippen LogP contribution in [0.25, 0.3) is 0 Å². The predicted octanol–water partition coefficient (Wildman–Crippen LogP) is 3.33. The normalized spacial score (nSPS) is 22.2. The Bertz CT molecular complexity index is 1110. The molecule has 10 heteroatoms. The largest absolute Gasteiger partial charge is 0.374 e. The summed E-state index contributed by atoms with van der Waals surface area (Å²) in [6.07, 6.45) is 5.35. The van der Waals surface area contributed by atoms with E-state index in [0.29, 0.717) is 30.3 Å². The summed E-state index contributed by atoms with van der Waals surface area (Å²) >= 11 is 0. The lowest BCUT2D eigenvalue weighted by molar-refractivity contribution is -0.0225. The average Bonchev–Trinajstić information content (AvgIpc) is 3.28. The second-order valence-corrected chi connectivity index (χ2v) is 11.8. The molecule has 3 heterocycles. The molecule has 1 aromatic carbocycles. The molecule has 180 valence electrons. The van der Waals surface area contributed by atoms with Crippen molar-refractivity contribution < 1.29 is 22.3 Å². The fourth-order valence-corrected chi connectivity index (χ4v) is 5.63. The van der Waals surface area contributed by atoms with E-state index in [1.54, 1.807) is 6.07 Å². The highest BCUT2D eigenvalue weighted by atomic mass is 32.2. The molecule has 3 aliphatic rings. The number of anilines is 1. The van der Waals surface area contributed by atoms with Crippen molar-refractivity contribution in [3.05, 3.63) is 41.2 Å². The summed E-state index contributed by atoms with van der Waals surface area (Å²) in [7, 11) is -3.49. The lowest BCUT2D eigenvalue weighted by atomic mass is 9.85. The molecule has 1 unspecified atom stereocenters. The number of alkyl halides is 2. The van der Waals surface area contributed by atoms with Gasteiger partial charge in [-0.25, -0.2) is 17.2 Å². The van der Waals surface area contributed by atoms with Gasteiger partial charge < -0.3 is 10.0 Å². The number of aromatic nitrogens is 2. The van der Waals surface area contributed by atoms with E-state index in [4.69, 9.17) is 5.10 Å². The van der Waals surface area contributed by atoms with Gasteiger partial charge in [0, 0.05) is 74.8 Å². The van der Waals surface area contributed by atoms with E-state index >= 15 is 0 Å². The Kier molecular flexibility index (Phi) is 5.73. The van der Waals surface area contributed by atoms with Crippen LogP contribution < -0.4 is 4.90 Å². The first kappa shape index (κ1) is 22.7. The van der Waals surface area contributed by atoms with E-state index in [9.17, 15) is 22.3 Å². The highest BCUT2D eigenvalue weighted by Crippen LogP contribution is 2.38. The lowest BCUT2D eigenvalue weighted by Gasteiger charge is -2.36. The third kappa shape index (κ3) is 4.65. The zero-order valence-corrected chi connectivity index (χ0v) is 19.6. The predicted molar refractivity (Wildman–Crippen MR) is 120 cm³/mol. The number of sulfone groups is 1. The highest BCUT2D eigenvalue weighted by Gasteiger charge is 2.36. The highest BCUT2D eigenvalue weighted by molar-refractivity contribution is 7.90. The molecule has 0 amide bonds. The Morgan fingerprint density at radius 2 is 1.94 bits per heavy atom. The van der Waals surface area contributed by atoms with E-state index in [1.807, 2.05) is 20.7 Å². The van der Waals surface area contributed by atoms with Crippen LogP contribution in [0, 0.1) is 5.92 Å². The van der Waals surface area contributed by atoms with E-state index in [2.05, 4.69) is 0 Å². The first-order chi connectivity index (χ1) is 15.6. The van der Waals surface area contributed by atoms with E-state index in [1.165, 1.54) is 31.4 Å². The fraction of sp³-hybridized carbons (Fsp3) is 0.609. The summed E-state index contributed by atoms with van der Waals surface area (Å²) < 4.78 is 53.7. The van der Waals surface area contributed by atoms with Crippen molar-refractivity contribution in [3.63, 3.8) is 0 Å². The molecular formula is C23H30F2N4O3S. The minimum absolute atomic E-state index is 0.102. The number of fused-ring (bicyclic) bond motifs is 1. The van der Waals surface area contributed by atoms with Gasteiger partial charge in [-0.15, -0.1) is 0 Å². The van der Waals surface area contributed by atoms with E-state index in [-0.39, 0.29) is 30.8 Å². The molecule has 1 saturated heterocycles. The molecule has 2 aliphatic heterocycles. The molecule has 7 nitrogen and oxygen atoms in total. The van der Waals surface area contributed by atoms with Crippen LogP contribution in [-0.4, -0.2) is 53.5 Å². The lowest BCUT2D eigenvalue weighted by Crippen LogP contribution is -2.40. The van der Waals surface area contributed by atoms with Gasteiger partial charge in [0.1, 0.15) is 6.23 Å². The maximum absolute atomic E-state index is 13.7. The average molecular weight is 481 g/mol. The standard InChI is InChI=1S/C23H30F2N4O3S/c1-33(31,32)18-5-6-21(27-9-7-23(24,25)8-10-27)19(11-18)22(30)28-13-17-14-29(26-20(17)15-28)12-16-3-2-4-16/h5-6,11,14,16,22,30H,2-4,7-10,12-13,15H2,1H3. The second-order valence-electron chi connectivity index (χ2n) is 9.73. The summed E-state index contributed by atoms with van der Waals surface area (Å²) in [4.78, 5) is 3.76. The Morgan fingerprint density at radius 3 is 2.55 bits per heavy atom. The zero-order chi connectivity index (χ0) is 23.4. The van der Waals surface area contributed by atoms with Crippen molar-refractivity contribution in [2.45, 2.75) is 68.8 Å². The van der Waals surface area contributed by atoms with Gasteiger partial charge in [0.05, 0.1) is 10.6 Å². The number of aliphatic hydroxyl groups is 1. The van der Waals surface area contributed by atoms with Crippen LogP contribution in [-0.2, 0) is 29.5 Å². The monoisotopic (exact) mass is 480 g/mol. The molecule has 0 spiro atoms. The van der Waals surface area contributed by atoms with Crippen molar-refractivity contribution >= 4 is 15.5 Å². The maximum Gasteiger partial charge on any atom is 0.251 e. The van der Waals surface area contributed by atoms with Crippen LogP contribution in [0.5, 0.6) is 0 Å². The van der Waals surface area contributed by atoms with Crippen molar-refractivity contribution in [1.29, 1.82) is 0 Å². The molecular weight excluding hydrogens is 450 g/mol. The Balaban J connectivity index is 1.38. The quantitative estimate of drug-likeness (QED) is 0.684. The molecule has 0 radical (unpaired) electrons. The van der Waals surface area contributed by atoms with Gasteiger partial charge in [-0.2, -0.15) is 5.10 Å². The van der Waals surface area contributed by atoms with Gasteiger partial charge in [0.15, 0.2) is 9.84 Å². The second kappa shape index (κ2) is 8.32. The molecule has 2 aromatic rings. The first-order valence-corrected chi connectivity index (χ1v) is 13.4. The Labute approximate surface area is 192 Å². The number of piperidine rings is 1. The van der Waals surface area contributed by atoms with Crippen LogP contribution in [0.15, 0.2) is 29.3 Å². The summed E-state index contributed by atoms with van der Waals surface area (Å²) in [5.41, 5.74) is 3.01.